The number of hydrogen-bond donors (Lipinski definition) is 2. The first kappa shape index (κ1) is 21.3. The van der Waals surface area contributed by atoms with Crippen LogP contribution in [0, 0.1) is 6.08 Å². The molecule has 0 bridgehead atoms. The Morgan fingerprint density at radius 2 is 1.43 bits per heavy atom. The number of halogens is 1. The fourth-order valence-electron chi connectivity index (χ4n) is 1.99. The molecule has 0 saturated heterocycles. The number of carbonyl (C=O) groups is 2. The van der Waals surface area contributed by atoms with Crippen LogP contribution >= 0.6 is 11.8 Å². The molecule has 10 nitrogen and oxygen atoms in total. The quantitative estimate of drug-likeness (QED) is 0.630. The molecule has 150 valence electrons. The highest BCUT2D eigenvalue weighted by Crippen LogP contribution is 2.39. The van der Waals surface area contributed by atoms with Crippen LogP contribution in [0.4, 0.5) is 16.0 Å². The van der Waals surface area contributed by atoms with Crippen LogP contribution in [0.15, 0.2) is 16.1 Å². The summed E-state index contributed by atoms with van der Waals surface area (Å²) in [6.07, 6.45) is -0.997. The van der Waals surface area contributed by atoms with E-state index in [-0.39, 0.29) is 58.5 Å². The molecule has 0 saturated carbocycles. The molecule has 0 atom stereocenters. The Bertz CT molecular complexity index is 821. The number of hydrogen-bond acceptors (Lipinski definition) is 9. The standard InChI is InChI=1S/C16H19FN6O4S/c1-5-26-13-12(14(27-6-2)23-15(17)22-13)28-16-20-10(18-8(3)24)7-11(21-16)19-9(4)25/h7H,5-6H2,1-4H3,(H2,18,19,20,21,24,25). The zero-order chi connectivity index (χ0) is 20.7. The highest BCUT2D eigenvalue weighted by Gasteiger charge is 2.21. The SMILES string of the molecule is CCOc1nc(F)nc(OCC)c1Sc1nc(NC(C)=O)cc(NC(C)=O)n1. The predicted octanol–water partition coefficient (Wildman–Crippen LogP) is 2.27. The zero-order valence-electron chi connectivity index (χ0n) is 15.7. The summed E-state index contributed by atoms with van der Waals surface area (Å²) in [6, 6.07) is 1.40. The Labute approximate surface area is 164 Å². The van der Waals surface area contributed by atoms with Crippen molar-refractivity contribution >= 4 is 35.2 Å². The molecule has 0 aliphatic rings. The van der Waals surface area contributed by atoms with Crippen molar-refractivity contribution in [2.24, 2.45) is 0 Å². The zero-order valence-corrected chi connectivity index (χ0v) is 16.5. The van der Waals surface area contributed by atoms with Gasteiger partial charge < -0.3 is 20.1 Å². The average Bonchev–Trinajstić information content (AvgIpc) is 2.57. The number of ether oxygens (including phenoxy) is 2. The summed E-state index contributed by atoms with van der Waals surface area (Å²) in [6.45, 7) is 6.55. The van der Waals surface area contributed by atoms with Gasteiger partial charge in [0.25, 0.3) is 0 Å². The van der Waals surface area contributed by atoms with Crippen LogP contribution in [-0.4, -0.2) is 45.0 Å². The molecule has 0 unspecified atom stereocenters. The number of rotatable bonds is 8. The molecule has 2 amide bonds. The van der Waals surface area contributed by atoms with E-state index in [0.717, 1.165) is 11.8 Å². The first-order chi connectivity index (χ1) is 13.3. The summed E-state index contributed by atoms with van der Waals surface area (Å²) in [5.74, 6) is -0.409. The summed E-state index contributed by atoms with van der Waals surface area (Å²) in [4.78, 5) is 38.7. The van der Waals surface area contributed by atoms with Crippen molar-refractivity contribution in [2.75, 3.05) is 23.8 Å². The van der Waals surface area contributed by atoms with E-state index in [4.69, 9.17) is 9.47 Å². The lowest BCUT2D eigenvalue weighted by molar-refractivity contribution is -0.115. The van der Waals surface area contributed by atoms with Crippen LogP contribution < -0.4 is 20.1 Å². The van der Waals surface area contributed by atoms with Crippen molar-refractivity contribution in [1.29, 1.82) is 0 Å². The minimum atomic E-state index is -0.997. The molecular weight excluding hydrogens is 391 g/mol. The fourth-order valence-corrected chi connectivity index (χ4v) is 2.85. The Morgan fingerprint density at radius 3 is 1.82 bits per heavy atom. The Hall–Kier alpha value is -3.02. The van der Waals surface area contributed by atoms with Gasteiger partial charge in [0.1, 0.15) is 16.5 Å². The van der Waals surface area contributed by atoms with Gasteiger partial charge in [-0.1, -0.05) is 0 Å². The molecule has 2 heterocycles. The topological polar surface area (TPSA) is 128 Å². The van der Waals surface area contributed by atoms with Gasteiger partial charge in [-0.15, -0.1) is 0 Å². The van der Waals surface area contributed by atoms with Crippen molar-refractivity contribution in [2.45, 2.75) is 37.7 Å². The van der Waals surface area contributed by atoms with Crippen LogP contribution in [0.2, 0.25) is 0 Å². The highest BCUT2D eigenvalue weighted by atomic mass is 32.2. The first-order valence-corrected chi connectivity index (χ1v) is 9.09. The maximum atomic E-state index is 13.7. The Kier molecular flexibility index (Phi) is 7.44. The Balaban J connectivity index is 2.50. The second-order valence-corrected chi connectivity index (χ2v) is 6.16. The van der Waals surface area contributed by atoms with E-state index < -0.39 is 6.08 Å². The van der Waals surface area contributed by atoms with Gasteiger partial charge in [0, 0.05) is 19.9 Å². The van der Waals surface area contributed by atoms with Gasteiger partial charge in [0.05, 0.1) is 13.2 Å². The van der Waals surface area contributed by atoms with E-state index in [1.165, 1.54) is 19.9 Å². The molecule has 2 N–H and O–H groups in total. The number of aromatic nitrogens is 4. The molecule has 2 aromatic rings. The molecule has 0 aromatic carbocycles. The second kappa shape index (κ2) is 9.78. The summed E-state index contributed by atoms with van der Waals surface area (Å²) < 4.78 is 24.4. The van der Waals surface area contributed by atoms with E-state index in [0.29, 0.717) is 0 Å². The van der Waals surface area contributed by atoms with Crippen molar-refractivity contribution in [1.82, 2.24) is 19.9 Å². The van der Waals surface area contributed by atoms with E-state index in [9.17, 15) is 14.0 Å². The van der Waals surface area contributed by atoms with Crippen molar-refractivity contribution in [3.05, 3.63) is 12.1 Å². The largest absolute Gasteiger partial charge is 0.477 e. The normalized spacial score (nSPS) is 10.3. The lowest BCUT2D eigenvalue weighted by Crippen LogP contribution is -2.12. The van der Waals surface area contributed by atoms with Crippen LogP contribution in [0.5, 0.6) is 11.8 Å². The van der Waals surface area contributed by atoms with Crippen LogP contribution in [0.3, 0.4) is 0 Å². The average molecular weight is 410 g/mol. The molecule has 0 spiro atoms. The van der Waals surface area contributed by atoms with Gasteiger partial charge in [-0.3, -0.25) is 9.59 Å². The molecule has 12 heteroatoms. The van der Waals surface area contributed by atoms with E-state index in [2.05, 4.69) is 30.6 Å². The number of nitrogens with one attached hydrogen (secondary N) is 2. The predicted molar refractivity (Wildman–Crippen MR) is 99.1 cm³/mol. The van der Waals surface area contributed by atoms with Gasteiger partial charge in [-0.2, -0.15) is 14.4 Å². The molecule has 28 heavy (non-hydrogen) atoms. The van der Waals surface area contributed by atoms with E-state index >= 15 is 0 Å². The molecule has 0 radical (unpaired) electrons. The smallest absolute Gasteiger partial charge is 0.315 e. The van der Waals surface area contributed by atoms with Gasteiger partial charge in [0.2, 0.25) is 23.6 Å². The van der Waals surface area contributed by atoms with Crippen LogP contribution in [-0.2, 0) is 9.59 Å². The third kappa shape index (κ3) is 6.01. The summed E-state index contributed by atoms with van der Waals surface area (Å²) >= 11 is 0.945. The second-order valence-electron chi connectivity index (χ2n) is 5.18. The molecule has 2 aromatic heterocycles. The fraction of sp³-hybridized carbons (Fsp3) is 0.375. The third-order valence-electron chi connectivity index (χ3n) is 2.85. The number of anilines is 2. The minimum absolute atomic E-state index is 0.0296. The van der Waals surface area contributed by atoms with Gasteiger partial charge in [-0.05, 0) is 25.6 Å². The Morgan fingerprint density at radius 1 is 0.964 bits per heavy atom. The van der Waals surface area contributed by atoms with Crippen LogP contribution in [0.1, 0.15) is 27.7 Å². The molecule has 0 aliphatic carbocycles. The van der Waals surface area contributed by atoms with Gasteiger partial charge >= 0.3 is 6.08 Å². The number of carbonyl (C=O) groups excluding carboxylic acids is 2. The summed E-state index contributed by atoms with van der Waals surface area (Å²) in [5, 5.41) is 5.18. The first-order valence-electron chi connectivity index (χ1n) is 8.27. The van der Waals surface area contributed by atoms with Crippen molar-refractivity contribution in [3.63, 3.8) is 0 Å². The summed E-state index contributed by atoms with van der Waals surface area (Å²) in [7, 11) is 0. The van der Waals surface area contributed by atoms with E-state index in [1.807, 2.05) is 0 Å². The maximum absolute atomic E-state index is 13.7. The number of amides is 2. The highest BCUT2D eigenvalue weighted by molar-refractivity contribution is 7.99. The third-order valence-corrected chi connectivity index (χ3v) is 3.76. The van der Waals surface area contributed by atoms with Crippen molar-refractivity contribution in [3.8, 4) is 11.8 Å². The molecule has 2 rings (SSSR count). The number of nitrogens with zero attached hydrogens (tertiary/aromatic N) is 4. The minimum Gasteiger partial charge on any atom is -0.477 e. The lowest BCUT2D eigenvalue weighted by atomic mass is 10.5. The summed E-state index contributed by atoms with van der Waals surface area (Å²) in [5.41, 5.74) is 0. The maximum Gasteiger partial charge on any atom is 0.315 e. The van der Waals surface area contributed by atoms with E-state index in [1.54, 1.807) is 13.8 Å². The lowest BCUT2D eigenvalue weighted by Gasteiger charge is -2.13. The molecule has 0 aliphatic heterocycles. The molecule has 0 fully saturated rings. The molecular formula is C16H19FN6O4S. The van der Waals surface area contributed by atoms with Crippen LogP contribution in [0.25, 0.3) is 0 Å². The monoisotopic (exact) mass is 410 g/mol. The van der Waals surface area contributed by atoms with Gasteiger partial charge in [0.15, 0.2) is 5.16 Å². The van der Waals surface area contributed by atoms with Crippen molar-refractivity contribution < 1.29 is 23.5 Å². The van der Waals surface area contributed by atoms with Gasteiger partial charge in [-0.25, -0.2) is 9.97 Å².